The molecule has 0 aliphatic carbocycles. The van der Waals surface area contributed by atoms with Crippen molar-refractivity contribution in [2.45, 2.75) is 6.42 Å². The van der Waals surface area contributed by atoms with Crippen LogP contribution in [0.25, 0.3) is 0 Å². The van der Waals surface area contributed by atoms with Gasteiger partial charge in [-0.1, -0.05) is 24.3 Å². The van der Waals surface area contributed by atoms with Crippen LogP contribution >= 0.6 is 0 Å². The van der Waals surface area contributed by atoms with Gasteiger partial charge in [-0.25, -0.2) is 0 Å². The first-order valence-electron chi connectivity index (χ1n) is 4.03. The van der Waals surface area contributed by atoms with Gasteiger partial charge in [0, 0.05) is 5.56 Å². The zero-order chi connectivity index (χ0) is 8.39. The number of ether oxygens (including phenoxy) is 1. The van der Waals surface area contributed by atoms with Gasteiger partial charge in [-0.15, -0.1) is 0 Å². The average Bonchev–Trinajstić information content (AvgIpc) is 2.30. The van der Waals surface area contributed by atoms with Crippen LogP contribution in [0.15, 0.2) is 30.4 Å². The fraction of sp³-hybridized carbons (Fsp3) is 0.200. The number of anilines is 1. The predicted molar refractivity (Wildman–Crippen MR) is 49.2 cm³/mol. The molecule has 0 saturated carbocycles. The average molecular weight is 161 g/mol. The second-order valence-electron chi connectivity index (χ2n) is 2.82. The zero-order valence-electron chi connectivity index (χ0n) is 6.79. The van der Waals surface area contributed by atoms with E-state index >= 15 is 0 Å². The SMILES string of the molecule is Nc1cccc2c1OCC=CC2. The third-order valence-corrected chi connectivity index (χ3v) is 1.96. The number of benzene rings is 1. The Morgan fingerprint density at radius 1 is 1.25 bits per heavy atom. The van der Waals surface area contributed by atoms with Crippen molar-refractivity contribution < 1.29 is 4.74 Å². The van der Waals surface area contributed by atoms with Crippen molar-refractivity contribution >= 4 is 5.69 Å². The standard InChI is InChI=1S/C10H11NO/c11-9-6-3-5-8-4-1-2-7-12-10(8)9/h1-3,5-6H,4,7,11H2. The highest BCUT2D eigenvalue weighted by Crippen LogP contribution is 2.28. The number of nitrogen functional groups attached to an aromatic ring is 1. The maximum absolute atomic E-state index is 5.76. The molecule has 0 bridgehead atoms. The molecule has 0 amide bonds. The minimum Gasteiger partial charge on any atom is -0.487 e. The van der Waals surface area contributed by atoms with Crippen molar-refractivity contribution in [1.82, 2.24) is 0 Å². The lowest BCUT2D eigenvalue weighted by atomic mass is 10.1. The smallest absolute Gasteiger partial charge is 0.146 e. The quantitative estimate of drug-likeness (QED) is 0.465. The largest absolute Gasteiger partial charge is 0.487 e. The van der Waals surface area contributed by atoms with Crippen LogP contribution in [0.3, 0.4) is 0 Å². The maximum atomic E-state index is 5.76. The first kappa shape index (κ1) is 7.22. The summed E-state index contributed by atoms with van der Waals surface area (Å²) in [5.41, 5.74) is 7.66. The molecule has 62 valence electrons. The number of allylic oxidation sites excluding steroid dienone is 1. The van der Waals surface area contributed by atoms with E-state index < -0.39 is 0 Å². The summed E-state index contributed by atoms with van der Waals surface area (Å²) in [7, 11) is 0. The van der Waals surface area contributed by atoms with Crippen LogP contribution in [0.5, 0.6) is 5.75 Å². The minimum atomic E-state index is 0.626. The van der Waals surface area contributed by atoms with Crippen molar-refractivity contribution in [3.05, 3.63) is 35.9 Å². The van der Waals surface area contributed by atoms with Gasteiger partial charge in [-0.05, 0) is 12.5 Å². The molecule has 0 aromatic heterocycles. The lowest BCUT2D eigenvalue weighted by Crippen LogP contribution is -1.98. The summed E-state index contributed by atoms with van der Waals surface area (Å²) in [6.07, 6.45) is 5.03. The Hall–Kier alpha value is -1.44. The molecule has 0 atom stereocenters. The molecule has 0 radical (unpaired) electrons. The Balaban J connectivity index is 2.47. The Morgan fingerprint density at radius 2 is 2.17 bits per heavy atom. The second kappa shape index (κ2) is 2.89. The lowest BCUT2D eigenvalue weighted by molar-refractivity contribution is 0.364. The summed E-state index contributed by atoms with van der Waals surface area (Å²) >= 11 is 0. The fourth-order valence-electron chi connectivity index (χ4n) is 1.35. The Bertz CT molecular complexity index is 318. The topological polar surface area (TPSA) is 35.2 Å². The highest BCUT2D eigenvalue weighted by atomic mass is 16.5. The van der Waals surface area contributed by atoms with E-state index in [0.717, 1.165) is 17.9 Å². The van der Waals surface area contributed by atoms with Gasteiger partial charge in [0.1, 0.15) is 12.4 Å². The molecule has 1 heterocycles. The Morgan fingerprint density at radius 3 is 3.08 bits per heavy atom. The number of hydrogen-bond donors (Lipinski definition) is 1. The van der Waals surface area contributed by atoms with Crippen LogP contribution in [0.1, 0.15) is 5.56 Å². The van der Waals surface area contributed by atoms with Crippen LogP contribution < -0.4 is 10.5 Å². The van der Waals surface area contributed by atoms with Crippen LogP contribution in [-0.2, 0) is 6.42 Å². The van der Waals surface area contributed by atoms with Gasteiger partial charge in [0.05, 0.1) is 5.69 Å². The monoisotopic (exact) mass is 161 g/mol. The van der Waals surface area contributed by atoms with Crippen LogP contribution in [0, 0.1) is 0 Å². The number of fused-ring (bicyclic) bond motifs is 1. The van der Waals surface area contributed by atoms with E-state index in [4.69, 9.17) is 10.5 Å². The van der Waals surface area contributed by atoms with E-state index in [9.17, 15) is 0 Å². The summed E-state index contributed by atoms with van der Waals surface area (Å²) < 4.78 is 5.47. The first-order valence-corrected chi connectivity index (χ1v) is 4.03. The predicted octanol–water partition coefficient (Wildman–Crippen LogP) is 1.76. The van der Waals surface area contributed by atoms with E-state index in [1.54, 1.807) is 0 Å². The second-order valence-corrected chi connectivity index (χ2v) is 2.82. The van der Waals surface area contributed by atoms with E-state index in [2.05, 4.69) is 6.08 Å². The van der Waals surface area contributed by atoms with Gasteiger partial charge < -0.3 is 10.5 Å². The first-order chi connectivity index (χ1) is 5.88. The molecule has 0 spiro atoms. The molecule has 0 unspecified atom stereocenters. The molecule has 2 nitrogen and oxygen atoms in total. The number of para-hydroxylation sites is 1. The molecular formula is C10H11NO. The summed E-state index contributed by atoms with van der Waals surface area (Å²) in [5.74, 6) is 0.850. The molecule has 2 rings (SSSR count). The molecule has 0 fully saturated rings. The fourth-order valence-corrected chi connectivity index (χ4v) is 1.35. The lowest BCUT2D eigenvalue weighted by Gasteiger charge is -2.08. The van der Waals surface area contributed by atoms with Crippen molar-refractivity contribution in [3.8, 4) is 5.75 Å². The van der Waals surface area contributed by atoms with Gasteiger partial charge in [-0.3, -0.25) is 0 Å². The van der Waals surface area contributed by atoms with Gasteiger partial charge in [0.25, 0.3) is 0 Å². The number of hydrogen-bond acceptors (Lipinski definition) is 2. The van der Waals surface area contributed by atoms with Gasteiger partial charge >= 0.3 is 0 Å². The van der Waals surface area contributed by atoms with E-state index in [0.29, 0.717) is 6.61 Å². The summed E-state index contributed by atoms with van der Waals surface area (Å²) in [6, 6.07) is 5.86. The molecule has 1 aromatic rings. The number of rotatable bonds is 0. The summed E-state index contributed by atoms with van der Waals surface area (Å²) in [5, 5.41) is 0. The van der Waals surface area contributed by atoms with Crippen LogP contribution in [-0.4, -0.2) is 6.61 Å². The Kier molecular flexibility index (Phi) is 1.74. The maximum Gasteiger partial charge on any atom is 0.146 e. The van der Waals surface area contributed by atoms with Crippen LogP contribution in [0.2, 0.25) is 0 Å². The molecule has 1 aliphatic heterocycles. The van der Waals surface area contributed by atoms with E-state index in [1.165, 1.54) is 5.56 Å². The van der Waals surface area contributed by atoms with E-state index in [1.807, 2.05) is 24.3 Å². The summed E-state index contributed by atoms with van der Waals surface area (Å²) in [6.45, 7) is 0.626. The molecule has 2 N–H and O–H groups in total. The molecular weight excluding hydrogens is 150 g/mol. The third kappa shape index (κ3) is 1.16. The van der Waals surface area contributed by atoms with Crippen molar-refractivity contribution in [2.24, 2.45) is 0 Å². The van der Waals surface area contributed by atoms with Crippen molar-refractivity contribution in [2.75, 3.05) is 12.3 Å². The highest BCUT2D eigenvalue weighted by Gasteiger charge is 2.07. The summed E-state index contributed by atoms with van der Waals surface area (Å²) in [4.78, 5) is 0. The number of nitrogens with two attached hydrogens (primary N) is 1. The molecule has 0 saturated heterocycles. The zero-order valence-corrected chi connectivity index (χ0v) is 6.79. The normalized spacial score (nSPS) is 14.7. The van der Waals surface area contributed by atoms with E-state index in [-0.39, 0.29) is 0 Å². The van der Waals surface area contributed by atoms with Crippen molar-refractivity contribution in [1.29, 1.82) is 0 Å². The molecule has 2 heteroatoms. The molecule has 1 aliphatic rings. The Labute approximate surface area is 71.6 Å². The van der Waals surface area contributed by atoms with Gasteiger partial charge in [0.15, 0.2) is 0 Å². The van der Waals surface area contributed by atoms with Crippen molar-refractivity contribution in [3.63, 3.8) is 0 Å². The highest BCUT2D eigenvalue weighted by molar-refractivity contribution is 5.57. The third-order valence-electron chi connectivity index (χ3n) is 1.96. The minimum absolute atomic E-state index is 0.626. The van der Waals surface area contributed by atoms with Gasteiger partial charge in [0.2, 0.25) is 0 Å². The van der Waals surface area contributed by atoms with Crippen LogP contribution in [0.4, 0.5) is 5.69 Å². The molecule has 1 aromatic carbocycles. The van der Waals surface area contributed by atoms with Gasteiger partial charge in [-0.2, -0.15) is 0 Å². The molecule has 12 heavy (non-hydrogen) atoms.